The highest BCUT2D eigenvalue weighted by Gasteiger charge is 2.18. The van der Waals surface area contributed by atoms with Crippen LogP contribution in [0.4, 0.5) is 5.69 Å². The van der Waals surface area contributed by atoms with Crippen molar-refractivity contribution in [1.82, 2.24) is 0 Å². The minimum absolute atomic E-state index is 0.0752. The third-order valence-electron chi connectivity index (χ3n) is 2.85. The summed E-state index contributed by atoms with van der Waals surface area (Å²) in [4.78, 5) is 10.9. The van der Waals surface area contributed by atoms with Crippen molar-refractivity contribution in [2.24, 2.45) is 0 Å². The Morgan fingerprint density at radius 1 is 1.14 bits per heavy atom. The van der Waals surface area contributed by atoms with Crippen molar-refractivity contribution in [3.63, 3.8) is 0 Å². The number of carboxylic acid groups (broad SMARTS) is 1. The molecule has 0 aliphatic heterocycles. The third kappa shape index (κ3) is 3.32. The SMILES string of the molecule is Cc1ccc(S(=O)(=O)Nc2cccc(O)c2)cc1C(=O)O. The van der Waals surface area contributed by atoms with Gasteiger partial charge in [-0.25, -0.2) is 13.2 Å². The molecule has 0 radical (unpaired) electrons. The molecule has 0 unspecified atom stereocenters. The summed E-state index contributed by atoms with van der Waals surface area (Å²) in [5, 5.41) is 18.4. The fourth-order valence-electron chi connectivity index (χ4n) is 1.78. The monoisotopic (exact) mass is 307 g/mol. The zero-order valence-corrected chi connectivity index (χ0v) is 11.9. The van der Waals surface area contributed by atoms with E-state index in [-0.39, 0.29) is 21.9 Å². The number of rotatable bonds is 4. The second-order valence-corrected chi connectivity index (χ2v) is 6.12. The number of carbonyl (C=O) groups is 1. The van der Waals surface area contributed by atoms with E-state index in [1.165, 1.54) is 36.4 Å². The molecule has 7 heteroatoms. The summed E-state index contributed by atoms with van der Waals surface area (Å²) in [5.41, 5.74) is 0.583. The molecule has 0 aliphatic carbocycles. The lowest BCUT2D eigenvalue weighted by molar-refractivity contribution is 0.0696. The molecule has 2 rings (SSSR count). The van der Waals surface area contributed by atoms with Crippen LogP contribution in [0, 0.1) is 6.92 Å². The molecule has 2 aromatic carbocycles. The van der Waals surface area contributed by atoms with Gasteiger partial charge in [-0.2, -0.15) is 0 Å². The van der Waals surface area contributed by atoms with Crippen LogP contribution in [0.1, 0.15) is 15.9 Å². The number of aromatic carboxylic acids is 1. The molecule has 2 aromatic rings. The molecule has 0 amide bonds. The smallest absolute Gasteiger partial charge is 0.335 e. The first kappa shape index (κ1) is 14.9. The maximum absolute atomic E-state index is 12.2. The number of hydrogen-bond donors (Lipinski definition) is 3. The minimum atomic E-state index is -3.93. The molecule has 0 fully saturated rings. The highest BCUT2D eigenvalue weighted by Crippen LogP contribution is 2.21. The van der Waals surface area contributed by atoms with Crippen molar-refractivity contribution in [2.45, 2.75) is 11.8 Å². The van der Waals surface area contributed by atoms with Crippen molar-refractivity contribution in [3.8, 4) is 5.75 Å². The van der Waals surface area contributed by atoms with E-state index >= 15 is 0 Å². The van der Waals surface area contributed by atoms with Crippen molar-refractivity contribution < 1.29 is 23.4 Å². The predicted molar refractivity (Wildman–Crippen MR) is 77.1 cm³/mol. The Labute approximate surface area is 121 Å². The summed E-state index contributed by atoms with van der Waals surface area (Å²) in [5.74, 6) is -1.27. The fraction of sp³-hybridized carbons (Fsp3) is 0.0714. The zero-order chi connectivity index (χ0) is 15.6. The molecule has 0 heterocycles. The van der Waals surface area contributed by atoms with Crippen LogP contribution in [0.2, 0.25) is 0 Å². The van der Waals surface area contributed by atoms with Crippen LogP contribution in [0.5, 0.6) is 5.75 Å². The Hall–Kier alpha value is -2.54. The lowest BCUT2D eigenvalue weighted by Gasteiger charge is -2.10. The first-order valence-electron chi connectivity index (χ1n) is 5.95. The Bertz CT molecular complexity index is 799. The number of anilines is 1. The number of phenolic OH excluding ortho intramolecular Hbond substituents is 1. The summed E-state index contributed by atoms with van der Waals surface area (Å²) < 4.78 is 26.7. The van der Waals surface area contributed by atoms with Gasteiger partial charge in [0.2, 0.25) is 0 Å². The van der Waals surface area contributed by atoms with E-state index in [2.05, 4.69) is 4.72 Å². The number of sulfonamides is 1. The molecule has 21 heavy (non-hydrogen) atoms. The number of phenols is 1. The van der Waals surface area contributed by atoms with E-state index in [4.69, 9.17) is 5.11 Å². The van der Waals surface area contributed by atoms with Gasteiger partial charge in [-0.1, -0.05) is 12.1 Å². The summed E-state index contributed by atoms with van der Waals surface area (Å²) in [6, 6.07) is 9.49. The van der Waals surface area contributed by atoms with Crippen LogP contribution in [0.3, 0.4) is 0 Å². The Kier molecular flexibility index (Phi) is 3.86. The number of benzene rings is 2. The highest BCUT2D eigenvalue weighted by molar-refractivity contribution is 7.92. The normalized spacial score (nSPS) is 11.1. The lowest BCUT2D eigenvalue weighted by Crippen LogP contribution is -2.14. The van der Waals surface area contributed by atoms with E-state index in [1.54, 1.807) is 6.92 Å². The Morgan fingerprint density at radius 2 is 1.86 bits per heavy atom. The molecule has 0 bridgehead atoms. The van der Waals surface area contributed by atoms with Crippen LogP contribution < -0.4 is 4.72 Å². The maximum Gasteiger partial charge on any atom is 0.335 e. The van der Waals surface area contributed by atoms with Crippen LogP contribution >= 0.6 is 0 Å². The van der Waals surface area contributed by atoms with Gasteiger partial charge >= 0.3 is 5.97 Å². The Balaban J connectivity index is 2.40. The topological polar surface area (TPSA) is 104 Å². The maximum atomic E-state index is 12.2. The van der Waals surface area contributed by atoms with Gasteiger partial charge in [-0.15, -0.1) is 0 Å². The lowest BCUT2D eigenvalue weighted by atomic mass is 10.1. The average Bonchev–Trinajstić information content (AvgIpc) is 2.38. The van der Waals surface area contributed by atoms with Crippen molar-refractivity contribution in [1.29, 1.82) is 0 Å². The Morgan fingerprint density at radius 3 is 2.48 bits per heavy atom. The van der Waals surface area contributed by atoms with E-state index in [0.717, 1.165) is 6.07 Å². The van der Waals surface area contributed by atoms with Gasteiger partial charge in [0.25, 0.3) is 10.0 Å². The van der Waals surface area contributed by atoms with Gasteiger partial charge in [0, 0.05) is 6.07 Å². The van der Waals surface area contributed by atoms with Crippen LogP contribution in [-0.4, -0.2) is 24.6 Å². The zero-order valence-electron chi connectivity index (χ0n) is 11.1. The van der Waals surface area contributed by atoms with Gasteiger partial charge in [0.15, 0.2) is 0 Å². The van der Waals surface area contributed by atoms with E-state index in [9.17, 15) is 18.3 Å². The number of aryl methyl sites for hydroxylation is 1. The van der Waals surface area contributed by atoms with Crippen LogP contribution in [-0.2, 0) is 10.0 Å². The molecular formula is C14H13NO5S. The quantitative estimate of drug-likeness (QED) is 0.803. The number of aromatic hydroxyl groups is 1. The first-order chi connectivity index (χ1) is 9.79. The number of carboxylic acids is 1. The molecule has 3 N–H and O–H groups in total. The van der Waals surface area contributed by atoms with Gasteiger partial charge in [-0.05, 0) is 36.8 Å². The second kappa shape index (κ2) is 5.45. The summed E-state index contributed by atoms with van der Waals surface area (Å²) in [6.07, 6.45) is 0. The van der Waals surface area contributed by atoms with Gasteiger partial charge in [-0.3, -0.25) is 4.72 Å². The molecule has 0 atom stereocenters. The second-order valence-electron chi connectivity index (χ2n) is 4.44. The predicted octanol–water partition coefficient (Wildman–Crippen LogP) is 2.20. The van der Waals surface area contributed by atoms with Crippen molar-refractivity contribution in [2.75, 3.05) is 4.72 Å². The van der Waals surface area contributed by atoms with Crippen LogP contribution in [0.25, 0.3) is 0 Å². The number of hydrogen-bond acceptors (Lipinski definition) is 4. The van der Waals surface area contributed by atoms with E-state index in [0.29, 0.717) is 5.56 Å². The molecule has 0 aromatic heterocycles. The molecule has 110 valence electrons. The third-order valence-corrected chi connectivity index (χ3v) is 4.23. The molecule has 0 spiro atoms. The summed E-state index contributed by atoms with van der Waals surface area (Å²) in [7, 11) is -3.93. The molecule has 0 aliphatic rings. The van der Waals surface area contributed by atoms with Crippen LogP contribution in [0.15, 0.2) is 47.4 Å². The average molecular weight is 307 g/mol. The van der Waals surface area contributed by atoms with Crippen molar-refractivity contribution >= 4 is 21.7 Å². The van der Waals surface area contributed by atoms with Gasteiger partial charge in [0.1, 0.15) is 5.75 Å². The summed E-state index contributed by atoms with van der Waals surface area (Å²) >= 11 is 0. The molecule has 0 saturated heterocycles. The number of nitrogens with one attached hydrogen (secondary N) is 1. The molecular weight excluding hydrogens is 294 g/mol. The summed E-state index contributed by atoms with van der Waals surface area (Å²) in [6.45, 7) is 1.59. The standard InChI is InChI=1S/C14H13NO5S/c1-9-5-6-12(8-13(9)14(17)18)21(19,20)15-10-3-2-4-11(16)7-10/h2-8,15-16H,1H3,(H,17,18). The molecule has 6 nitrogen and oxygen atoms in total. The minimum Gasteiger partial charge on any atom is -0.508 e. The first-order valence-corrected chi connectivity index (χ1v) is 7.44. The molecule has 0 saturated carbocycles. The van der Waals surface area contributed by atoms with Crippen molar-refractivity contribution in [3.05, 3.63) is 53.6 Å². The van der Waals surface area contributed by atoms with E-state index in [1.807, 2.05) is 0 Å². The largest absolute Gasteiger partial charge is 0.508 e. The van der Waals surface area contributed by atoms with Gasteiger partial charge < -0.3 is 10.2 Å². The highest BCUT2D eigenvalue weighted by atomic mass is 32.2. The van der Waals surface area contributed by atoms with E-state index < -0.39 is 16.0 Å². The van der Waals surface area contributed by atoms with Gasteiger partial charge in [0.05, 0.1) is 16.1 Å². The fourth-order valence-corrected chi connectivity index (χ4v) is 2.86.